The van der Waals surface area contributed by atoms with Crippen LogP contribution in [0.25, 0.3) is 0 Å². The quantitative estimate of drug-likeness (QED) is 0.406. The van der Waals surface area contributed by atoms with Crippen molar-refractivity contribution in [1.29, 1.82) is 0 Å². The summed E-state index contributed by atoms with van der Waals surface area (Å²) in [6, 6.07) is -0.857. The Morgan fingerprint density at radius 2 is 2.00 bits per heavy atom. The maximum Gasteiger partial charge on any atom is 0.408 e. The lowest BCUT2D eigenvalue weighted by atomic mass is 10.2. The van der Waals surface area contributed by atoms with E-state index in [4.69, 9.17) is 9.47 Å². The molecule has 2 amide bonds. The van der Waals surface area contributed by atoms with E-state index < -0.39 is 29.6 Å². The number of thiazole rings is 1. The van der Waals surface area contributed by atoms with Gasteiger partial charge in [-0.2, -0.15) is 0 Å². The number of esters is 1. The molecular formula is C16H24N4O6S. The molecule has 1 atom stereocenters. The summed E-state index contributed by atoms with van der Waals surface area (Å²) in [6.07, 6.45) is -0.707. The van der Waals surface area contributed by atoms with Gasteiger partial charge in [-0.3, -0.25) is 4.79 Å². The zero-order valence-corrected chi connectivity index (χ0v) is 16.9. The Hall–Kier alpha value is -2.69. The Bertz CT molecular complexity index is 710. The molecule has 150 valence electrons. The van der Waals surface area contributed by atoms with Crippen molar-refractivity contribution in [3.63, 3.8) is 0 Å². The number of hydrogen-bond donors (Lipinski definition) is 2. The number of carbonyl (C=O) groups excluding carboxylic acids is 3. The summed E-state index contributed by atoms with van der Waals surface area (Å²) in [4.78, 5) is 44.6. The van der Waals surface area contributed by atoms with Gasteiger partial charge in [-0.15, -0.1) is 11.3 Å². The fourth-order valence-electron chi connectivity index (χ4n) is 1.68. The average Bonchev–Trinajstić information content (AvgIpc) is 2.98. The van der Waals surface area contributed by atoms with Gasteiger partial charge >= 0.3 is 12.1 Å². The van der Waals surface area contributed by atoms with Crippen molar-refractivity contribution >= 4 is 40.1 Å². The SMILES string of the molecule is CCOC(=O)C(=NOC)c1csc(NC(=O)[C@H](C)NC(=O)OC(C)(C)C)n1. The maximum atomic E-state index is 12.2. The van der Waals surface area contributed by atoms with Gasteiger partial charge in [0.2, 0.25) is 11.6 Å². The molecular weight excluding hydrogens is 376 g/mol. The highest BCUT2D eigenvalue weighted by atomic mass is 32.1. The van der Waals surface area contributed by atoms with E-state index in [0.29, 0.717) is 0 Å². The molecule has 1 aromatic heterocycles. The smallest absolute Gasteiger partial charge is 0.408 e. The number of anilines is 1. The number of amides is 2. The number of nitrogens with zero attached hydrogens (tertiary/aromatic N) is 2. The van der Waals surface area contributed by atoms with E-state index in [-0.39, 0.29) is 23.1 Å². The highest BCUT2D eigenvalue weighted by Gasteiger charge is 2.23. The topological polar surface area (TPSA) is 128 Å². The van der Waals surface area contributed by atoms with E-state index in [9.17, 15) is 14.4 Å². The van der Waals surface area contributed by atoms with Crippen molar-refractivity contribution in [3.8, 4) is 0 Å². The maximum absolute atomic E-state index is 12.2. The Morgan fingerprint density at radius 3 is 2.56 bits per heavy atom. The molecule has 1 heterocycles. The monoisotopic (exact) mass is 400 g/mol. The molecule has 0 aliphatic carbocycles. The van der Waals surface area contributed by atoms with Crippen LogP contribution in [0.1, 0.15) is 40.3 Å². The third-order valence-corrected chi connectivity index (χ3v) is 3.51. The van der Waals surface area contributed by atoms with Gasteiger partial charge in [0, 0.05) is 5.38 Å². The molecule has 0 aliphatic heterocycles. The molecule has 0 spiro atoms. The van der Waals surface area contributed by atoms with Gasteiger partial charge in [0.05, 0.1) is 6.61 Å². The minimum absolute atomic E-state index is 0.115. The van der Waals surface area contributed by atoms with Crippen LogP contribution in [0.3, 0.4) is 0 Å². The highest BCUT2D eigenvalue weighted by molar-refractivity contribution is 7.14. The Balaban J connectivity index is 2.75. The molecule has 0 saturated carbocycles. The lowest BCUT2D eigenvalue weighted by molar-refractivity contribution is -0.135. The molecule has 1 rings (SSSR count). The molecule has 0 aromatic carbocycles. The minimum Gasteiger partial charge on any atom is -0.461 e. The molecule has 11 heteroatoms. The van der Waals surface area contributed by atoms with E-state index in [0.717, 1.165) is 11.3 Å². The van der Waals surface area contributed by atoms with E-state index in [1.165, 1.54) is 19.4 Å². The van der Waals surface area contributed by atoms with Crippen LogP contribution in [-0.4, -0.2) is 54.0 Å². The number of alkyl carbamates (subject to hydrolysis) is 1. The standard InChI is InChI=1S/C16H24N4O6S/c1-7-25-13(22)11(20-24-6)10-8-27-14(18-10)19-12(21)9(2)17-15(23)26-16(3,4)5/h8-9H,7H2,1-6H3,(H,17,23)(H,18,19,21)/t9-/m0/s1. The second-order valence-corrected chi connectivity index (χ2v) is 7.10. The third kappa shape index (κ3) is 7.60. The number of aromatic nitrogens is 1. The fourth-order valence-corrected chi connectivity index (χ4v) is 2.38. The van der Waals surface area contributed by atoms with Crippen molar-refractivity contribution in [1.82, 2.24) is 10.3 Å². The van der Waals surface area contributed by atoms with Crippen molar-refractivity contribution in [3.05, 3.63) is 11.1 Å². The van der Waals surface area contributed by atoms with Gasteiger partial charge in [-0.05, 0) is 34.6 Å². The van der Waals surface area contributed by atoms with Crippen LogP contribution in [-0.2, 0) is 23.9 Å². The zero-order valence-electron chi connectivity index (χ0n) is 16.1. The van der Waals surface area contributed by atoms with Crippen LogP contribution in [0.15, 0.2) is 10.5 Å². The second-order valence-electron chi connectivity index (χ2n) is 6.24. The largest absolute Gasteiger partial charge is 0.461 e. The van der Waals surface area contributed by atoms with Crippen molar-refractivity contribution in [2.75, 3.05) is 19.0 Å². The number of rotatable bonds is 7. The number of nitrogens with one attached hydrogen (secondary N) is 2. The predicted molar refractivity (Wildman–Crippen MR) is 99.8 cm³/mol. The van der Waals surface area contributed by atoms with Crippen LogP contribution >= 0.6 is 11.3 Å². The van der Waals surface area contributed by atoms with Gasteiger partial charge in [0.25, 0.3) is 0 Å². The van der Waals surface area contributed by atoms with Crippen molar-refractivity contribution in [2.45, 2.75) is 46.3 Å². The lowest BCUT2D eigenvalue weighted by Gasteiger charge is -2.21. The second kappa shape index (κ2) is 9.86. The summed E-state index contributed by atoms with van der Waals surface area (Å²) in [7, 11) is 1.29. The summed E-state index contributed by atoms with van der Waals surface area (Å²) in [6.45, 7) is 8.49. The van der Waals surface area contributed by atoms with Crippen molar-refractivity contribution in [2.24, 2.45) is 5.16 Å². The van der Waals surface area contributed by atoms with Crippen LogP contribution in [0, 0.1) is 0 Å². The Morgan fingerprint density at radius 1 is 1.33 bits per heavy atom. The summed E-state index contributed by atoms with van der Waals surface area (Å²) in [5.74, 6) is -1.19. The summed E-state index contributed by atoms with van der Waals surface area (Å²) < 4.78 is 9.99. The molecule has 1 aromatic rings. The molecule has 0 radical (unpaired) electrons. The van der Waals surface area contributed by atoms with Gasteiger partial charge in [0.15, 0.2) is 5.13 Å². The van der Waals surface area contributed by atoms with Gasteiger partial charge < -0.3 is 24.9 Å². The molecule has 0 fully saturated rings. The summed E-state index contributed by atoms with van der Waals surface area (Å²) >= 11 is 1.08. The first-order valence-corrected chi connectivity index (χ1v) is 9.00. The summed E-state index contributed by atoms with van der Waals surface area (Å²) in [5.41, 5.74) is -0.589. The number of oxime groups is 1. The van der Waals surface area contributed by atoms with Crippen LogP contribution in [0.4, 0.5) is 9.93 Å². The molecule has 27 heavy (non-hydrogen) atoms. The fraction of sp³-hybridized carbons (Fsp3) is 0.562. The van der Waals surface area contributed by atoms with Gasteiger partial charge in [-0.25, -0.2) is 14.6 Å². The Kier molecular flexibility index (Phi) is 8.16. The molecule has 0 bridgehead atoms. The average molecular weight is 400 g/mol. The molecule has 0 saturated heterocycles. The number of hydrogen-bond acceptors (Lipinski definition) is 9. The van der Waals surface area contributed by atoms with Gasteiger partial charge in [0.1, 0.15) is 24.4 Å². The third-order valence-electron chi connectivity index (χ3n) is 2.75. The van der Waals surface area contributed by atoms with Crippen molar-refractivity contribution < 1.29 is 28.7 Å². The summed E-state index contributed by atoms with van der Waals surface area (Å²) in [5, 5.41) is 10.3. The van der Waals surface area contributed by atoms with Gasteiger partial charge in [-0.1, -0.05) is 5.16 Å². The zero-order chi connectivity index (χ0) is 20.6. The Labute approximate surface area is 161 Å². The first kappa shape index (κ1) is 22.4. The predicted octanol–water partition coefficient (Wildman–Crippen LogP) is 1.91. The molecule has 0 aliphatic rings. The van der Waals surface area contributed by atoms with E-state index in [1.54, 1.807) is 27.7 Å². The molecule has 0 unspecified atom stereocenters. The van der Waals surface area contributed by atoms with Crippen LogP contribution < -0.4 is 10.6 Å². The van der Waals surface area contributed by atoms with Crippen LogP contribution in [0.2, 0.25) is 0 Å². The minimum atomic E-state index is -0.857. The normalized spacial score (nSPS) is 12.7. The first-order chi connectivity index (χ1) is 12.6. The highest BCUT2D eigenvalue weighted by Crippen LogP contribution is 2.17. The van der Waals surface area contributed by atoms with E-state index in [2.05, 4.69) is 25.6 Å². The lowest BCUT2D eigenvalue weighted by Crippen LogP contribution is -2.43. The molecule has 10 nitrogen and oxygen atoms in total. The van der Waals surface area contributed by atoms with E-state index in [1.807, 2.05) is 0 Å². The van der Waals surface area contributed by atoms with Crippen LogP contribution in [0.5, 0.6) is 0 Å². The number of ether oxygens (including phenoxy) is 2. The van der Waals surface area contributed by atoms with E-state index >= 15 is 0 Å². The number of carbonyl (C=O) groups is 3. The first-order valence-electron chi connectivity index (χ1n) is 8.12. The molecule has 2 N–H and O–H groups in total.